The van der Waals surface area contributed by atoms with E-state index in [-0.39, 0.29) is 0 Å². The molecule has 3 nitrogen and oxygen atoms in total. The maximum absolute atomic E-state index is 6.51. The van der Waals surface area contributed by atoms with E-state index >= 15 is 0 Å². The fraction of sp³-hybridized carbons (Fsp3) is 0. The third-order valence-corrected chi connectivity index (χ3v) is 11.4. The van der Waals surface area contributed by atoms with Crippen LogP contribution in [-0.4, -0.2) is 0 Å². The summed E-state index contributed by atoms with van der Waals surface area (Å²) < 4.78 is 12.8. The van der Waals surface area contributed by atoms with Crippen LogP contribution in [0.5, 0.6) is 0 Å². The van der Waals surface area contributed by atoms with Gasteiger partial charge in [0.05, 0.1) is 16.8 Å². The van der Waals surface area contributed by atoms with Gasteiger partial charge in [0.2, 0.25) is 0 Å². The Bertz CT molecular complexity index is 3500. The average Bonchev–Trinajstić information content (AvgIpc) is 3.81. The summed E-state index contributed by atoms with van der Waals surface area (Å²) in [5, 5.41) is 14.0. The summed E-state index contributed by atoms with van der Waals surface area (Å²) in [5.74, 6) is 0. The van der Waals surface area contributed by atoms with Gasteiger partial charge in [0.25, 0.3) is 0 Å². The number of furan rings is 2. The second-order valence-electron chi connectivity index (χ2n) is 14.5. The van der Waals surface area contributed by atoms with Crippen molar-refractivity contribution in [1.29, 1.82) is 0 Å². The normalized spacial score (nSPS) is 12.0. The molecule has 0 saturated carbocycles. The van der Waals surface area contributed by atoms with E-state index in [4.69, 9.17) is 8.83 Å². The van der Waals surface area contributed by atoms with Gasteiger partial charge in [-0.25, -0.2) is 0 Å². The molecule has 12 rings (SSSR count). The molecule has 12 aromatic rings. The topological polar surface area (TPSA) is 29.5 Å². The first kappa shape index (κ1) is 30.1. The Labute approximate surface area is 315 Å². The molecule has 2 aromatic heterocycles. The average molecular weight is 702 g/mol. The van der Waals surface area contributed by atoms with Gasteiger partial charge in [-0.1, -0.05) is 127 Å². The molecule has 0 spiro atoms. The minimum Gasteiger partial charge on any atom is -0.456 e. The van der Waals surface area contributed by atoms with Crippen LogP contribution >= 0.6 is 0 Å². The predicted octanol–water partition coefficient (Wildman–Crippen LogP) is 15.2. The van der Waals surface area contributed by atoms with E-state index in [1.807, 2.05) is 18.2 Å². The smallest absolute Gasteiger partial charge is 0.137 e. The number of hydrogen-bond donors (Lipinski definition) is 0. The molecule has 0 aliphatic carbocycles. The maximum Gasteiger partial charge on any atom is 0.137 e. The molecule has 0 amide bonds. The summed E-state index contributed by atoms with van der Waals surface area (Å²) in [6, 6.07) is 67.6. The van der Waals surface area contributed by atoms with Crippen molar-refractivity contribution in [1.82, 2.24) is 0 Å². The van der Waals surface area contributed by atoms with Crippen molar-refractivity contribution in [2.75, 3.05) is 4.90 Å². The van der Waals surface area contributed by atoms with Crippen LogP contribution in [0.25, 0.3) is 98.1 Å². The van der Waals surface area contributed by atoms with Crippen molar-refractivity contribution in [3.05, 3.63) is 188 Å². The molecule has 0 N–H and O–H groups in total. The van der Waals surface area contributed by atoms with Gasteiger partial charge in [-0.15, -0.1) is 0 Å². The lowest BCUT2D eigenvalue weighted by Crippen LogP contribution is -2.11. The van der Waals surface area contributed by atoms with Crippen molar-refractivity contribution in [2.24, 2.45) is 0 Å². The molecule has 3 heteroatoms. The first-order chi connectivity index (χ1) is 27.2. The van der Waals surface area contributed by atoms with Gasteiger partial charge in [0, 0.05) is 27.2 Å². The first-order valence-electron chi connectivity index (χ1n) is 18.7. The molecular formula is C52H31NO2. The molecule has 0 saturated heterocycles. The van der Waals surface area contributed by atoms with E-state index in [1.54, 1.807) is 0 Å². The lowest BCUT2D eigenvalue weighted by molar-refractivity contribution is 0.669. The SMILES string of the molecule is c1ccc(-c2ccc3c(c2)c(N(c2ccc4ccc5cc6oc7ccccc7c6cc5c4c2)c2cccc4oc5ccccc5c24)cc2ccccc23)cc1. The van der Waals surface area contributed by atoms with E-state index in [1.165, 1.54) is 48.8 Å². The quantitative estimate of drug-likeness (QED) is 0.171. The lowest BCUT2D eigenvalue weighted by atomic mass is 9.94. The summed E-state index contributed by atoms with van der Waals surface area (Å²) >= 11 is 0. The maximum atomic E-state index is 6.51. The minimum atomic E-state index is 0.860. The number of nitrogens with zero attached hydrogens (tertiary/aromatic N) is 1. The van der Waals surface area contributed by atoms with Crippen LogP contribution in [-0.2, 0) is 0 Å². The Morgan fingerprint density at radius 1 is 0.291 bits per heavy atom. The second-order valence-corrected chi connectivity index (χ2v) is 14.5. The Balaban J connectivity index is 1.20. The van der Waals surface area contributed by atoms with Gasteiger partial charge >= 0.3 is 0 Å². The molecule has 256 valence electrons. The van der Waals surface area contributed by atoms with Crippen LogP contribution in [0.2, 0.25) is 0 Å². The Morgan fingerprint density at radius 3 is 1.85 bits per heavy atom. The fourth-order valence-corrected chi connectivity index (χ4v) is 8.83. The van der Waals surface area contributed by atoms with Gasteiger partial charge in [-0.3, -0.25) is 0 Å². The van der Waals surface area contributed by atoms with Crippen molar-refractivity contribution < 1.29 is 8.83 Å². The van der Waals surface area contributed by atoms with Crippen molar-refractivity contribution in [2.45, 2.75) is 0 Å². The van der Waals surface area contributed by atoms with Crippen LogP contribution in [0.4, 0.5) is 17.1 Å². The Hall–Kier alpha value is -7.36. The van der Waals surface area contributed by atoms with Crippen LogP contribution in [0.1, 0.15) is 0 Å². The van der Waals surface area contributed by atoms with Gasteiger partial charge < -0.3 is 13.7 Å². The number of benzene rings is 10. The molecule has 0 bridgehead atoms. The molecule has 55 heavy (non-hydrogen) atoms. The number of fused-ring (bicyclic) bond motifs is 12. The first-order valence-corrected chi connectivity index (χ1v) is 18.7. The number of para-hydroxylation sites is 2. The molecule has 2 heterocycles. The van der Waals surface area contributed by atoms with Gasteiger partial charge in [0.15, 0.2) is 0 Å². The van der Waals surface area contributed by atoms with E-state index in [9.17, 15) is 0 Å². The van der Waals surface area contributed by atoms with E-state index in [0.29, 0.717) is 0 Å². The highest BCUT2D eigenvalue weighted by Crippen LogP contribution is 2.48. The van der Waals surface area contributed by atoms with Gasteiger partial charge in [-0.2, -0.15) is 0 Å². The summed E-state index contributed by atoms with van der Waals surface area (Å²) in [5.41, 5.74) is 9.14. The summed E-state index contributed by atoms with van der Waals surface area (Å²) in [6.07, 6.45) is 0. The van der Waals surface area contributed by atoms with E-state index in [0.717, 1.165) is 66.3 Å². The standard InChI is InChI=1S/C52H31NO2/c1-2-11-32(12-3-1)34-24-26-39-38-14-5-4-13-35(38)28-47(44(39)27-34)53(46-17-10-20-50-52(46)41-16-7-9-19-49(41)54-50)37-25-23-33-21-22-36-29-51-45(31-43(36)42(33)30-37)40-15-6-8-18-48(40)55-51/h1-31H. The highest BCUT2D eigenvalue weighted by atomic mass is 16.3. The largest absolute Gasteiger partial charge is 0.456 e. The second kappa shape index (κ2) is 11.6. The van der Waals surface area contributed by atoms with E-state index < -0.39 is 0 Å². The molecule has 0 unspecified atom stereocenters. The highest BCUT2D eigenvalue weighted by molar-refractivity contribution is 6.20. The highest BCUT2D eigenvalue weighted by Gasteiger charge is 2.23. The number of anilines is 3. The summed E-state index contributed by atoms with van der Waals surface area (Å²) in [4.78, 5) is 2.46. The van der Waals surface area contributed by atoms with Crippen LogP contribution in [0.15, 0.2) is 197 Å². The third kappa shape index (κ3) is 4.57. The third-order valence-electron chi connectivity index (χ3n) is 11.4. The van der Waals surface area contributed by atoms with Gasteiger partial charge in [-0.05, 0) is 109 Å². The monoisotopic (exact) mass is 701 g/mol. The summed E-state index contributed by atoms with van der Waals surface area (Å²) in [6.45, 7) is 0. The van der Waals surface area contributed by atoms with Crippen molar-refractivity contribution >= 4 is 104 Å². The minimum absolute atomic E-state index is 0.860. The molecular weight excluding hydrogens is 671 g/mol. The Kier molecular flexibility index (Phi) is 6.34. The molecule has 0 aliphatic heterocycles. The molecule has 10 aromatic carbocycles. The number of hydrogen-bond acceptors (Lipinski definition) is 3. The molecule has 0 radical (unpaired) electrons. The molecule has 0 aliphatic rings. The van der Waals surface area contributed by atoms with Crippen LogP contribution in [0, 0.1) is 0 Å². The van der Waals surface area contributed by atoms with Crippen molar-refractivity contribution in [3.8, 4) is 11.1 Å². The zero-order valence-electron chi connectivity index (χ0n) is 29.7. The van der Waals surface area contributed by atoms with Crippen LogP contribution < -0.4 is 4.90 Å². The summed E-state index contributed by atoms with van der Waals surface area (Å²) in [7, 11) is 0. The van der Waals surface area contributed by atoms with Gasteiger partial charge in [0.1, 0.15) is 22.3 Å². The fourth-order valence-electron chi connectivity index (χ4n) is 8.83. The van der Waals surface area contributed by atoms with E-state index in [2.05, 4.69) is 175 Å². The molecule has 0 atom stereocenters. The lowest BCUT2D eigenvalue weighted by Gasteiger charge is -2.29. The zero-order valence-corrected chi connectivity index (χ0v) is 29.7. The Morgan fingerprint density at radius 2 is 0.964 bits per heavy atom. The predicted molar refractivity (Wildman–Crippen MR) is 231 cm³/mol. The molecule has 0 fully saturated rings. The zero-order chi connectivity index (χ0) is 36.0. The van der Waals surface area contributed by atoms with Crippen molar-refractivity contribution in [3.63, 3.8) is 0 Å². The number of rotatable bonds is 4. The van der Waals surface area contributed by atoms with Crippen LogP contribution in [0.3, 0.4) is 0 Å².